The second kappa shape index (κ2) is 26.0. The van der Waals surface area contributed by atoms with Crippen molar-refractivity contribution < 1.29 is 113 Å². The van der Waals surface area contributed by atoms with Gasteiger partial charge in [-0.3, -0.25) is 19.2 Å². The molecule has 0 aliphatic carbocycles. The number of hydrogen-bond acceptors (Lipinski definition) is 24. The summed E-state index contributed by atoms with van der Waals surface area (Å²) in [6.45, 7) is -0.458. The van der Waals surface area contributed by atoms with Crippen molar-refractivity contribution in [3.8, 4) is 0 Å². The lowest BCUT2D eigenvalue weighted by atomic mass is 9.89. The predicted octanol–water partition coefficient (Wildman–Crippen LogP) is -5.11. The minimum atomic E-state index is -1.91. The Morgan fingerprint density at radius 2 is 0.940 bits per heavy atom. The van der Waals surface area contributed by atoms with Gasteiger partial charge in [0.25, 0.3) is 23.6 Å². The number of aliphatic hydroxyl groups excluding tert-OH is 10. The maximum atomic E-state index is 12.3. The quantitative estimate of drug-likeness (QED) is 0.0302. The zero-order chi connectivity index (χ0) is 48.9. The van der Waals surface area contributed by atoms with Gasteiger partial charge in [-0.25, -0.2) is 9.59 Å². The molecule has 15 atom stereocenters. The van der Waals surface area contributed by atoms with Crippen LogP contribution in [-0.4, -0.2) is 233 Å². The van der Waals surface area contributed by atoms with E-state index in [0.29, 0.717) is 61.7 Å². The van der Waals surface area contributed by atoms with E-state index in [4.69, 9.17) is 33.4 Å². The van der Waals surface area contributed by atoms with E-state index in [1.807, 2.05) is 4.90 Å². The zero-order valence-corrected chi connectivity index (χ0v) is 36.9. The van der Waals surface area contributed by atoms with Gasteiger partial charge in [-0.05, 0) is 51.6 Å². The Balaban J connectivity index is 1.20. The van der Waals surface area contributed by atoms with Crippen LogP contribution < -0.4 is 0 Å². The van der Waals surface area contributed by atoms with Crippen molar-refractivity contribution in [2.24, 2.45) is 0 Å². The van der Waals surface area contributed by atoms with Crippen LogP contribution in [0.1, 0.15) is 89.9 Å². The van der Waals surface area contributed by atoms with E-state index in [2.05, 4.69) is 0 Å². The van der Waals surface area contributed by atoms with Crippen LogP contribution in [0.25, 0.3) is 0 Å². The molecule has 67 heavy (non-hydrogen) atoms. The third-order valence-corrected chi connectivity index (χ3v) is 12.3. The maximum absolute atomic E-state index is 12.3. The van der Waals surface area contributed by atoms with E-state index in [9.17, 15) is 79.8 Å². The molecule has 26 heteroatoms. The molecule has 5 heterocycles. The fourth-order valence-corrected chi connectivity index (χ4v) is 8.33. The second-order valence-corrected chi connectivity index (χ2v) is 17.2. The molecule has 382 valence electrons. The molecule has 5 aliphatic rings. The number of carbonyl (C=O) groups excluding carboxylic acids is 6. The average molecular weight is 968 g/mol. The molecule has 0 radical (unpaired) electrons. The predicted molar refractivity (Wildman–Crippen MR) is 216 cm³/mol. The zero-order valence-electron chi connectivity index (χ0n) is 36.9. The molecule has 5 aliphatic heterocycles. The van der Waals surface area contributed by atoms with Crippen LogP contribution >= 0.6 is 0 Å². The molecule has 4 amide bonds. The Kier molecular flexibility index (Phi) is 21.1. The first-order chi connectivity index (χ1) is 31.9. The minimum Gasteiger partial charge on any atom is -0.394 e. The summed E-state index contributed by atoms with van der Waals surface area (Å²) in [7, 11) is 0. The lowest BCUT2D eigenvalue weighted by Gasteiger charge is -2.46. The highest BCUT2D eigenvalue weighted by Gasteiger charge is 2.52. The van der Waals surface area contributed by atoms with Gasteiger partial charge in [0.05, 0.1) is 32.0 Å². The molecular formula is C41H65N3O23. The standard InChI is InChI=1S/C41H65N3O23/c45-19-23-32(54)35(57)31(53)21(62-23)9-10-22-34(56)39(65-41-37(59)36(58)33(55)24(20-46)64-41)38(60)40(63-22)61-18-17-42(15-5-1-3-7-29(51)66-43-25(47)11-12-26(43)48)16-6-2-4-8-30(52)67-44-27(49)13-14-28(44)50/h21-24,31-41,45-46,53-60H,1-20H2/t21-,22-,23-,24-,31-,32-,33-,34-,35-,36+,37+,38+,39+,40+,41-/m1/s1. The highest BCUT2D eigenvalue weighted by molar-refractivity contribution is 6.02. The second-order valence-electron chi connectivity index (χ2n) is 17.2. The van der Waals surface area contributed by atoms with Crippen LogP contribution in [0.4, 0.5) is 0 Å². The van der Waals surface area contributed by atoms with E-state index < -0.39 is 141 Å². The summed E-state index contributed by atoms with van der Waals surface area (Å²) in [5.41, 5.74) is 0. The Hall–Kier alpha value is -3.42. The summed E-state index contributed by atoms with van der Waals surface area (Å²) in [4.78, 5) is 83.7. The van der Waals surface area contributed by atoms with Crippen molar-refractivity contribution in [1.82, 2.24) is 15.0 Å². The van der Waals surface area contributed by atoms with Crippen molar-refractivity contribution in [1.29, 1.82) is 0 Å². The summed E-state index contributed by atoms with van der Waals surface area (Å²) in [5, 5.41) is 106. The van der Waals surface area contributed by atoms with Crippen molar-refractivity contribution >= 4 is 35.6 Å². The molecule has 5 fully saturated rings. The number of aliphatic hydroxyl groups is 10. The third kappa shape index (κ3) is 14.6. The Bertz CT molecular complexity index is 1570. The van der Waals surface area contributed by atoms with Gasteiger partial charge < -0.3 is 89.3 Å². The molecule has 0 aromatic rings. The molecule has 0 aromatic carbocycles. The SMILES string of the molecule is O=C(CCCCCN(CCCCCC(=O)ON1C(=O)CCC1=O)CCO[C@H]1O[C@H](CC[C@H]2O[C@H](CO)[C@@H](O)[C@H](O)[C@@H]2O)[C@@H](O)[C@H](O[C@H]2O[C@H](CO)[C@@H](O)[C@H](O)[C@@H]2O)[C@@H]1O)ON1C(=O)CCC1=O. The normalized spacial score (nSPS) is 34.9. The number of imide groups is 2. The molecule has 5 saturated heterocycles. The summed E-state index contributed by atoms with van der Waals surface area (Å²) >= 11 is 0. The number of carbonyl (C=O) groups is 6. The first-order valence-electron chi connectivity index (χ1n) is 22.7. The van der Waals surface area contributed by atoms with E-state index in [0.717, 1.165) is 0 Å². The first-order valence-corrected chi connectivity index (χ1v) is 22.7. The molecule has 0 aromatic heterocycles. The molecule has 10 N–H and O–H groups in total. The topological polar surface area (TPSA) is 379 Å². The summed E-state index contributed by atoms with van der Waals surface area (Å²) in [5.74, 6) is -3.83. The molecule has 5 rings (SSSR count). The number of unbranched alkanes of at least 4 members (excludes halogenated alkanes) is 4. The highest BCUT2D eigenvalue weighted by atomic mass is 16.7. The van der Waals surface area contributed by atoms with Crippen LogP contribution in [0.3, 0.4) is 0 Å². The maximum Gasteiger partial charge on any atom is 0.333 e. The van der Waals surface area contributed by atoms with Crippen LogP contribution in [0.15, 0.2) is 0 Å². The average Bonchev–Trinajstić information content (AvgIpc) is 3.80. The monoisotopic (exact) mass is 967 g/mol. The lowest BCUT2D eigenvalue weighted by Crippen LogP contribution is -2.64. The van der Waals surface area contributed by atoms with Gasteiger partial charge in [-0.1, -0.05) is 12.8 Å². The van der Waals surface area contributed by atoms with Crippen molar-refractivity contribution in [2.75, 3.05) is 39.5 Å². The number of nitrogens with zero attached hydrogens (tertiary/aromatic N) is 3. The van der Waals surface area contributed by atoms with Crippen LogP contribution in [0, 0.1) is 0 Å². The number of hydrogen-bond donors (Lipinski definition) is 10. The largest absolute Gasteiger partial charge is 0.394 e. The van der Waals surface area contributed by atoms with Crippen LogP contribution in [0.2, 0.25) is 0 Å². The van der Waals surface area contributed by atoms with Gasteiger partial charge in [-0.15, -0.1) is 10.1 Å². The Morgan fingerprint density at radius 1 is 0.507 bits per heavy atom. The summed E-state index contributed by atoms with van der Waals surface area (Å²) in [6.07, 6.45) is -21.6. The van der Waals surface area contributed by atoms with E-state index in [1.165, 1.54) is 0 Å². The molecule has 0 bridgehead atoms. The van der Waals surface area contributed by atoms with E-state index >= 15 is 0 Å². The number of rotatable bonds is 25. The fourth-order valence-electron chi connectivity index (χ4n) is 8.33. The highest BCUT2D eigenvalue weighted by Crippen LogP contribution is 2.33. The number of ether oxygens (including phenoxy) is 5. The smallest absolute Gasteiger partial charge is 0.333 e. The molecule has 0 unspecified atom stereocenters. The van der Waals surface area contributed by atoms with Crippen LogP contribution in [0.5, 0.6) is 0 Å². The van der Waals surface area contributed by atoms with Crippen LogP contribution in [-0.2, 0) is 62.1 Å². The molecule has 0 saturated carbocycles. The first kappa shape index (κ1) is 54.5. The molecule has 26 nitrogen and oxygen atoms in total. The van der Waals surface area contributed by atoms with Gasteiger partial charge in [0.15, 0.2) is 12.6 Å². The van der Waals surface area contributed by atoms with Gasteiger partial charge in [0, 0.05) is 45.1 Å². The summed E-state index contributed by atoms with van der Waals surface area (Å²) in [6, 6.07) is 0. The van der Waals surface area contributed by atoms with E-state index in [-0.39, 0.29) is 64.5 Å². The Labute approximate surface area is 384 Å². The number of amides is 4. The van der Waals surface area contributed by atoms with E-state index in [1.54, 1.807) is 0 Å². The van der Waals surface area contributed by atoms with Gasteiger partial charge in [-0.2, -0.15) is 0 Å². The van der Waals surface area contributed by atoms with Crippen molar-refractivity contribution in [3.63, 3.8) is 0 Å². The van der Waals surface area contributed by atoms with Gasteiger partial charge in [0.2, 0.25) is 0 Å². The lowest BCUT2D eigenvalue weighted by molar-refractivity contribution is -0.359. The fraction of sp³-hybridized carbons (Fsp3) is 0.854. The van der Waals surface area contributed by atoms with Gasteiger partial charge in [0.1, 0.15) is 67.1 Å². The third-order valence-electron chi connectivity index (χ3n) is 12.3. The molecular weight excluding hydrogens is 902 g/mol. The van der Waals surface area contributed by atoms with Gasteiger partial charge >= 0.3 is 11.9 Å². The van der Waals surface area contributed by atoms with Crippen molar-refractivity contribution in [2.45, 2.75) is 182 Å². The van der Waals surface area contributed by atoms with Crippen molar-refractivity contribution in [3.05, 3.63) is 0 Å². The Morgan fingerprint density at radius 3 is 1.43 bits per heavy atom. The summed E-state index contributed by atoms with van der Waals surface area (Å²) < 4.78 is 28.9. The minimum absolute atomic E-state index is 0.0349. The molecule has 0 spiro atoms. The number of hydroxylamine groups is 4.